The van der Waals surface area contributed by atoms with Crippen LogP contribution in [0.25, 0.3) is 16.7 Å². The number of benzene rings is 3. The van der Waals surface area contributed by atoms with E-state index in [1.807, 2.05) is 0 Å². The maximum absolute atomic E-state index is 14.5. The Morgan fingerprint density at radius 1 is 0.316 bits per heavy atom. The third kappa shape index (κ3) is 3.66. The fourth-order valence-electron chi connectivity index (χ4n) is 3.80. The third-order valence-electron chi connectivity index (χ3n) is 5.53. The van der Waals surface area contributed by atoms with Gasteiger partial charge < -0.3 is 0 Å². The molecule has 3 aromatic rings. The van der Waals surface area contributed by atoms with Crippen LogP contribution < -0.4 is 0 Å². The summed E-state index contributed by atoms with van der Waals surface area (Å²) in [6, 6.07) is 0. The Bertz CT molecular complexity index is 1540. The van der Waals surface area contributed by atoms with Crippen LogP contribution in [0.3, 0.4) is 0 Å². The van der Waals surface area contributed by atoms with Crippen LogP contribution in [0.5, 0.6) is 0 Å². The second-order valence-electron chi connectivity index (χ2n) is 7.57. The largest absolute Gasteiger partial charge is 0.203 e. The lowest BCUT2D eigenvalue weighted by Gasteiger charge is -2.14. The molecule has 4 rings (SSSR count). The summed E-state index contributed by atoms with van der Waals surface area (Å²) in [5, 5.41) is 0. The van der Waals surface area contributed by atoms with Gasteiger partial charge in [-0.1, -0.05) is 0 Å². The summed E-state index contributed by atoms with van der Waals surface area (Å²) >= 11 is 0. The fourth-order valence-corrected chi connectivity index (χ4v) is 3.80. The average molecular weight is 564 g/mol. The number of hydrogen-bond donors (Lipinski definition) is 0. The van der Waals surface area contributed by atoms with Crippen molar-refractivity contribution >= 4 is 16.7 Å². The van der Waals surface area contributed by atoms with E-state index in [0.717, 1.165) is 0 Å². The van der Waals surface area contributed by atoms with Crippen molar-refractivity contribution < 1.29 is 65.9 Å². The Labute approximate surface area is 199 Å². The fraction of sp³-hybridized carbons (Fsp3) is 0.0435. The van der Waals surface area contributed by atoms with Crippen molar-refractivity contribution in [2.45, 2.75) is 6.42 Å². The predicted molar refractivity (Wildman–Crippen MR) is 98.1 cm³/mol. The van der Waals surface area contributed by atoms with E-state index in [4.69, 9.17) is 0 Å². The molecule has 3 aromatic carbocycles. The van der Waals surface area contributed by atoms with E-state index in [2.05, 4.69) is 0 Å². The van der Waals surface area contributed by atoms with Crippen molar-refractivity contribution in [3.8, 4) is 0 Å². The van der Waals surface area contributed by atoms with Gasteiger partial charge in [0.25, 0.3) is 0 Å². The summed E-state index contributed by atoms with van der Waals surface area (Å²) in [6.07, 6.45) is -1.55. The molecule has 0 nitrogen and oxygen atoms in total. The van der Waals surface area contributed by atoms with Crippen LogP contribution in [0, 0.1) is 87.3 Å². The summed E-state index contributed by atoms with van der Waals surface area (Å²) < 4.78 is 210. The van der Waals surface area contributed by atoms with Gasteiger partial charge in [-0.25, -0.2) is 65.9 Å². The molecule has 0 aliphatic heterocycles. The minimum Gasteiger partial charge on any atom is -0.203 e. The predicted octanol–water partition coefficient (Wildman–Crippen LogP) is 8.17. The molecule has 0 unspecified atom stereocenters. The van der Waals surface area contributed by atoms with Crippen LogP contribution in [0.4, 0.5) is 65.9 Å². The molecule has 15 heteroatoms. The van der Waals surface area contributed by atoms with Crippen LogP contribution in [0.1, 0.15) is 23.1 Å². The summed E-state index contributed by atoms with van der Waals surface area (Å²) in [5.74, 6) is -39.9. The molecule has 0 radical (unpaired) electrons. The van der Waals surface area contributed by atoms with Crippen molar-refractivity contribution in [1.29, 1.82) is 0 Å². The molecule has 0 N–H and O–H groups in total. The lowest BCUT2D eigenvalue weighted by molar-refractivity contribution is 0.375. The highest BCUT2D eigenvalue weighted by atomic mass is 19.2. The average Bonchev–Trinajstić information content (AvgIpc) is 3.30. The van der Waals surface area contributed by atoms with Gasteiger partial charge in [-0.05, 0) is 29.2 Å². The molecule has 0 bridgehead atoms. The van der Waals surface area contributed by atoms with E-state index < -0.39 is 127 Å². The van der Waals surface area contributed by atoms with Gasteiger partial charge in [0, 0.05) is 0 Å². The first-order valence-electron chi connectivity index (χ1n) is 9.62. The lowest BCUT2D eigenvalue weighted by atomic mass is 9.93. The molecule has 200 valence electrons. The molecule has 0 spiro atoms. The smallest absolute Gasteiger partial charge is 0.200 e. The third-order valence-corrected chi connectivity index (χ3v) is 5.53. The van der Waals surface area contributed by atoms with Gasteiger partial charge in [0.15, 0.2) is 69.8 Å². The topological polar surface area (TPSA) is 0 Å². The first-order chi connectivity index (χ1) is 17.6. The molecule has 38 heavy (non-hydrogen) atoms. The van der Waals surface area contributed by atoms with Gasteiger partial charge in [0.05, 0.1) is 16.7 Å². The van der Waals surface area contributed by atoms with Crippen molar-refractivity contribution in [2.75, 3.05) is 0 Å². The van der Waals surface area contributed by atoms with E-state index in [1.165, 1.54) is 0 Å². The Morgan fingerprint density at radius 3 is 0.921 bits per heavy atom. The minimum absolute atomic E-state index is 0.0178. The monoisotopic (exact) mass is 564 g/mol. The maximum atomic E-state index is 14.5. The first kappa shape index (κ1) is 27.1. The quantitative estimate of drug-likeness (QED) is 0.171. The number of hydrogen-bond acceptors (Lipinski definition) is 0. The van der Waals surface area contributed by atoms with Crippen molar-refractivity contribution in [3.63, 3.8) is 0 Å². The van der Waals surface area contributed by atoms with Gasteiger partial charge >= 0.3 is 0 Å². The normalized spacial score (nSPS) is 13.6. The Hall–Kier alpha value is -3.91. The van der Waals surface area contributed by atoms with Crippen LogP contribution >= 0.6 is 0 Å². The zero-order valence-electron chi connectivity index (χ0n) is 17.5. The molecule has 0 aromatic heterocycles. The zero-order valence-corrected chi connectivity index (χ0v) is 17.5. The molecular formula is C23H3F15. The molecule has 0 fully saturated rings. The van der Waals surface area contributed by atoms with E-state index in [1.54, 1.807) is 0 Å². The van der Waals surface area contributed by atoms with Gasteiger partial charge in [-0.15, -0.1) is 0 Å². The van der Waals surface area contributed by atoms with E-state index in [-0.39, 0.29) is 6.08 Å². The highest BCUT2D eigenvalue weighted by Crippen LogP contribution is 2.48. The molecule has 0 heterocycles. The molecule has 0 atom stereocenters. The summed E-state index contributed by atoms with van der Waals surface area (Å²) in [4.78, 5) is 0. The van der Waals surface area contributed by atoms with Crippen LogP contribution in [0.15, 0.2) is 6.08 Å². The van der Waals surface area contributed by atoms with E-state index in [9.17, 15) is 65.9 Å². The highest BCUT2D eigenvalue weighted by molar-refractivity contribution is 6.07. The maximum Gasteiger partial charge on any atom is 0.200 e. The van der Waals surface area contributed by atoms with Crippen LogP contribution in [0.2, 0.25) is 0 Å². The van der Waals surface area contributed by atoms with Gasteiger partial charge in [0.1, 0.15) is 0 Å². The first-order valence-corrected chi connectivity index (χ1v) is 9.62. The molecular weight excluding hydrogens is 561 g/mol. The van der Waals surface area contributed by atoms with E-state index in [0.29, 0.717) is 0 Å². The Balaban J connectivity index is 2.15. The zero-order chi connectivity index (χ0) is 28.5. The highest BCUT2D eigenvalue weighted by Gasteiger charge is 2.37. The summed E-state index contributed by atoms with van der Waals surface area (Å²) in [7, 11) is 0. The Kier molecular flexibility index (Phi) is 6.52. The lowest BCUT2D eigenvalue weighted by Crippen LogP contribution is -2.09. The Morgan fingerprint density at radius 2 is 0.579 bits per heavy atom. The summed E-state index contributed by atoms with van der Waals surface area (Å²) in [5.41, 5.74) is -10.3. The molecule has 0 saturated carbocycles. The molecule has 1 aliphatic rings. The standard InChI is InChI=1S/C23H3F15/c24-9-6(10(25)16(31)21(36)15(9)30)3-1-4(7-11(26)17(32)22(37)18(33)12(7)27)5(2-3)8-13(28)19(34)23(38)20(35)14(8)29/h1H,2H2. The van der Waals surface area contributed by atoms with Gasteiger partial charge in [-0.3, -0.25) is 0 Å². The second-order valence-corrected chi connectivity index (χ2v) is 7.57. The second kappa shape index (κ2) is 9.13. The van der Waals surface area contributed by atoms with Crippen molar-refractivity contribution in [2.24, 2.45) is 0 Å². The SMILES string of the molecule is Fc1c(F)c(F)c(C2=CC(c3c(F)c(F)c(F)c(F)c3F)=C(c3c(F)c(F)c(F)c(F)c3F)C2)c(F)c1F. The van der Waals surface area contributed by atoms with Crippen LogP contribution in [-0.2, 0) is 0 Å². The molecule has 0 amide bonds. The number of halogens is 15. The van der Waals surface area contributed by atoms with Crippen LogP contribution in [-0.4, -0.2) is 0 Å². The number of allylic oxidation sites excluding steroid dienone is 4. The van der Waals surface area contributed by atoms with Crippen molar-refractivity contribution in [3.05, 3.63) is 110 Å². The molecule has 1 aliphatic carbocycles. The summed E-state index contributed by atoms with van der Waals surface area (Å²) in [6.45, 7) is 0. The van der Waals surface area contributed by atoms with Gasteiger partial charge in [0.2, 0.25) is 17.5 Å². The minimum atomic E-state index is -2.73. The van der Waals surface area contributed by atoms with Crippen molar-refractivity contribution in [1.82, 2.24) is 0 Å². The van der Waals surface area contributed by atoms with Gasteiger partial charge in [-0.2, -0.15) is 0 Å². The number of rotatable bonds is 3. The molecule has 0 saturated heterocycles. The van der Waals surface area contributed by atoms with E-state index >= 15 is 0 Å².